The molecule has 0 atom stereocenters. The second-order valence-corrected chi connectivity index (χ2v) is 3.97. The number of carbonyl (C=O) groups is 2. The van der Waals surface area contributed by atoms with Crippen LogP contribution in [0.1, 0.15) is 29.3 Å². The molecule has 0 bridgehead atoms. The minimum atomic E-state index is -0.391. The van der Waals surface area contributed by atoms with Crippen molar-refractivity contribution < 1.29 is 19.2 Å². The summed E-state index contributed by atoms with van der Waals surface area (Å²) in [5.41, 5.74) is 1.22. The number of methoxy groups -OCH3 is 1. The summed E-state index contributed by atoms with van der Waals surface area (Å²) >= 11 is 0. The van der Waals surface area contributed by atoms with Crippen molar-refractivity contribution in [3.8, 4) is 0 Å². The second-order valence-electron chi connectivity index (χ2n) is 3.97. The van der Waals surface area contributed by atoms with Crippen molar-refractivity contribution in [1.29, 1.82) is 0 Å². The molecule has 0 fully saturated rings. The molecule has 6 nitrogen and oxygen atoms in total. The van der Waals surface area contributed by atoms with Crippen molar-refractivity contribution in [2.24, 2.45) is 5.16 Å². The lowest BCUT2D eigenvalue weighted by Gasteiger charge is -2.01. The number of hydrogen-bond acceptors (Lipinski definition) is 5. The van der Waals surface area contributed by atoms with Crippen molar-refractivity contribution in [3.05, 3.63) is 35.4 Å². The molecule has 108 valence electrons. The maximum atomic E-state index is 11.2. The van der Waals surface area contributed by atoms with Crippen LogP contribution in [0.5, 0.6) is 0 Å². The Morgan fingerprint density at radius 1 is 1.30 bits per heavy atom. The van der Waals surface area contributed by atoms with Crippen LogP contribution in [-0.4, -0.2) is 38.4 Å². The van der Waals surface area contributed by atoms with Gasteiger partial charge in [0.15, 0.2) is 6.61 Å². The molecule has 1 N–H and O–H groups in total. The number of rotatable bonds is 7. The van der Waals surface area contributed by atoms with Crippen LogP contribution in [0.3, 0.4) is 0 Å². The van der Waals surface area contributed by atoms with Crippen molar-refractivity contribution in [2.75, 3.05) is 20.3 Å². The van der Waals surface area contributed by atoms with Crippen LogP contribution in [0, 0.1) is 0 Å². The Hall–Kier alpha value is -2.37. The Balaban J connectivity index is 2.39. The Morgan fingerprint density at radius 3 is 2.60 bits per heavy atom. The van der Waals surface area contributed by atoms with E-state index in [1.165, 1.54) is 13.3 Å². The summed E-state index contributed by atoms with van der Waals surface area (Å²) in [6, 6.07) is 6.66. The smallest absolute Gasteiger partial charge is 0.337 e. The third-order valence-corrected chi connectivity index (χ3v) is 2.38. The summed E-state index contributed by atoms with van der Waals surface area (Å²) in [5.74, 6) is -0.595. The summed E-state index contributed by atoms with van der Waals surface area (Å²) in [7, 11) is 1.33. The Morgan fingerprint density at radius 2 is 2.00 bits per heavy atom. The fourth-order valence-corrected chi connectivity index (χ4v) is 1.33. The first-order chi connectivity index (χ1) is 9.67. The molecule has 0 unspecified atom stereocenters. The minimum Gasteiger partial charge on any atom is -0.465 e. The maximum absolute atomic E-state index is 11.2. The summed E-state index contributed by atoms with van der Waals surface area (Å²) in [6.07, 6.45) is 2.34. The monoisotopic (exact) mass is 278 g/mol. The number of benzene rings is 1. The highest BCUT2D eigenvalue weighted by atomic mass is 16.6. The lowest BCUT2D eigenvalue weighted by molar-refractivity contribution is -0.125. The minimum absolute atomic E-state index is 0.114. The Kier molecular flexibility index (Phi) is 6.81. The van der Waals surface area contributed by atoms with Gasteiger partial charge in [-0.05, 0) is 24.1 Å². The molecule has 1 rings (SSSR count). The van der Waals surface area contributed by atoms with Crippen LogP contribution in [-0.2, 0) is 14.4 Å². The molecule has 1 amide bonds. The molecule has 0 saturated heterocycles. The van der Waals surface area contributed by atoms with Gasteiger partial charge in [0, 0.05) is 6.54 Å². The van der Waals surface area contributed by atoms with Crippen LogP contribution in [0.15, 0.2) is 29.4 Å². The fraction of sp³-hybridized carbons (Fsp3) is 0.357. The quantitative estimate of drug-likeness (QED) is 0.464. The second kappa shape index (κ2) is 8.68. The van der Waals surface area contributed by atoms with Gasteiger partial charge in [-0.1, -0.05) is 24.2 Å². The van der Waals surface area contributed by atoms with Gasteiger partial charge in [0.05, 0.1) is 18.9 Å². The van der Waals surface area contributed by atoms with Gasteiger partial charge in [0.2, 0.25) is 0 Å². The summed E-state index contributed by atoms with van der Waals surface area (Å²) in [5, 5.41) is 6.35. The zero-order valence-corrected chi connectivity index (χ0v) is 11.6. The highest BCUT2D eigenvalue weighted by Gasteiger charge is 2.03. The first-order valence-corrected chi connectivity index (χ1v) is 6.27. The van der Waals surface area contributed by atoms with Gasteiger partial charge in [0.25, 0.3) is 5.91 Å². The van der Waals surface area contributed by atoms with E-state index in [1.807, 2.05) is 6.92 Å². The molecule has 6 heteroatoms. The van der Waals surface area contributed by atoms with E-state index in [2.05, 4.69) is 15.2 Å². The Bertz CT molecular complexity index is 469. The number of nitrogens with zero attached hydrogens (tertiary/aromatic N) is 1. The highest BCUT2D eigenvalue weighted by molar-refractivity contribution is 5.90. The fourth-order valence-electron chi connectivity index (χ4n) is 1.33. The van der Waals surface area contributed by atoms with Crippen molar-refractivity contribution in [3.63, 3.8) is 0 Å². The van der Waals surface area contributed by atoms with Crippen LogP contribution < -0.4 is 5.32 Å². The van der Waals surface area contributed by atoms with Gasteiger partial charge >= 0.3 is 5.97 Å². The molecule has 0 aliphatic heterocycles. The van der Waals surface area contributed by atoms with Crippen molar-refractivity contribution >= 4 is 18.1 Å². The molecular weight excluding hydrogens is 260 g/mol. The number of carbonyl (C=O) groups excluding carboxylic acids is 2. The Labute approximate surface area is 117 Å². The normalized spacial score (nSPS) is 10.3. The molecule has 1 aromatic rings. The topological polar surface area (TPSA) is 77.0 Å². The van der Waals surface area contributed by atoms with E-state index in [1.54, 1.807) is 24.3 Å². The molecule has 0 aromatic heterocycles. The number of esters is 1. The van der Waals surface area contributed by atoms with E-state index in [0.29, 0.717) is 12.1 Å². The van der Waals surface area contributed by atoms with Gasteiger partial charge in [-0.2, -0.15) is 0 Å². The summed E-state index contributed by atoms with van der Waals surface area (Å²) in [6.45, 7) is 2.48. The summed E-state index contributed by atoms with van der Waals surface area (Å²) in [4.78, 5) is 27.3. The van der Waals surface area contributed by atoms with E-state index >= 15 is 0 Å². The molecule has 0 radical (unpaired) electrons. The van der Waals surface area contributed by atoms with E-state index in [-0.39, 0.29) is 12.5 Å². The molecule has 0 heterocycles. The van der Waals surface area contributed by atoms with Crippen LogP contribution in [0.2, 0.25) is 0 Å². The average molecular weight is 278 g/mol. The lowest BCUT2D eigenvalue weighted by atomic mass is 10.1. The SMILES string of the molecule is CCCNC(=O)CO/N=C/c1ccc(C(=O)OC)cc1. The standard InChI is InChI=1S/C14H18N2O4/c1-3-8-15-13(17)10-20-16-9-11-4-6-12(7-5-11)14(18)19-2/h4-7,9H,3,8,10H2,1-2H3,(H,15,17)/b16-9+. The summed E-state index contributed by atoms with van der Waals surface area (Å²) < 4.78 is 4.59. The van der Waals surface area contributed by atoms with E-state index < -0.39 is 5.97 Å². The number of nitrogens with one attached hydrogen (secondary N) is 1. The largest absolute Gasteiger partial charge is 0.465 e. The third-order valence-electron chi connectivity index (χ3n) is 2.38. The van der Waals surface area contributed by atoms with Gasteiger partial charge in [-0.25, -0.2) is 4.79 Å². The number of ether oxygens (including phenoxy) is 1. The number of amides is 1. The third kappa shape index (κ3) is 5.51. The number of oxime groups is 1. The van der Waals surface area contributed by atoms with Gasteiger partial charge in [0.1, 0.15) is 0 Å². The molecular formula is C14H18N2O4. The highest BCUT2D eigenvalue weighted by Crippen LogP contribution is 2.04. The first kappa shape index (κ1) is 15.7. The zero-order chi connectivity index (χ0) is 14.8. The molecule has 0 aliphatic rings. The van der Waals surface area contributed by atoms with Gasteiger partial charge < -0.3 is 14.9 Å². The first-order valence-electron chi connectivity index (χ1n) is 6.27. The lowest BCUT2D eigenvalue weighted by Crippen LogP contribution is -2.27. The van der Waals surface area contributed by atoms with Crippen LogP contribution in [0.25, 0.3) is 0 Å². The van der Waals surface area contributed by atoms with E-state index in [0.717, 1.165) is 12.0 Å². The van der Waals surface area contributed by atoms with Gasteiger partial charge in [-0.15, -0.1) is 0 Å². The molecule has 1 aromatic carbocycles. The predicted octanol–water partition coefficient (Wildman–Crippen LogP) is 1.35. The number of hydrogen-bond donors (Lipinski definition) is 1. The maximum Gasteiger partial charge on any atom is 0.337 e. The molecule has 20 heavy (non-hydrogen) atoms. The van der Waals surface area contributed by atoms with E-state index in [9.17, 15) is 9.59 Å². The van der Waals surface area contributed by atoms with Crippen molar-refractivity contribution in [1.82, 2.24) is 5.32 Å². The molecule has 0 aliphatic carbocycles. The van der Waals surface area contributed by atoms with Crippen LogP contribution >= 0.6 is 0 Å². The van der Waals surface area contributed by atoms with Gasteiger partial charge in [-0.3, -0.25) is 4.79 Å². The zero-order valence-electron chi connectivity index (χ0n) is 11.6. The predicted molar refractivity (Wildman–Crippen MR) is 74.6 cm³/mol. The van der Waals surface area contributed by atoms with Crippen molar-refractivity contribution in [2.45, 2.75) is 13.3 Å². The molecule has 0 saturated carbocycles. The average Bonchev–Trinajstić information content (AvgIpc) is 2.49. The van der Waals surface area contributed by atoms with E-state index in [4.69, 9.17) is 4.84 Å². The van der Waals surface area contributed by atoms with Crippen LogP contribution in [0.4, 0.5) is 0 Å². The molecule has 0 spiro atoms.